The molecule has 25 heavy (non-hydrogen) atoms. The van der Waals surface area contributed by atoms with Gasteiger partial charge in [0, 0.05) is 9.13 Å². The number of alkyl halides is 2. The summed E-state index contributed by atoms with van der Waals surface area (Å²) >= 11 is 1.76. The Morgan fingerprint density at radius 1 is 1.28 bits per heavy atom. The summed E-state index contributed by atoms with van der Waals surface area (Å²) < 4.78 is 55.4. The van der Waals surface area contributed by atoms with Gasteiger partial charge in [-0.05, 0) is 35.6 Å². The van der Waals surface area contributed by atoms with Crippen LogP contribution in [-0.4, -0.2) is 41.3 Å². The summed E-state index contributed by atoms with van der Waals surface area (Å²) in [7, 11) is -3.58. The van der Waals surface area contributed by atoms with E-state index in [2.05, 4.69) is 15.0 Å². The molecule has 0 bridgehead atoms. The Kier molecular flexibility index (Phi) is 6.05. The largest absolute Gasteiger partial charge is 0.467 e. The molecule has 1 aromatic carbocycles. The Labute approximate surface area is 155 Å². The fourth-order valence-corrected chi connectivity index (χ4v) is 3.33. The number of hydrogen-bond acceptors (Lipinski definition) is 7. The molecule has 1 atom stereocenters. The van der Waals surface area contributed by atoms with Gasteiger partial charge in [-0.3, -0.25) is 4.72 Å². The summed E-state index contributed by atoms with van der Waals surface area (Å²) in [6.07, 6.45) is -1.49. The van der Waals surface area contributed by atoms with E-state index in [0.717, 1.165) is 0 Å². The van der Waals surface area contributed by atoms with E-state index in [1.165, 1.54) is 25.3 Å². The summed E-state index contributed by atoms with van der Waals surface area (Å²) in [5.74, 6) is -3.46. The standard InChI is InChI=1S/C13H13F2IN4O4S/c1-6-17-11(19-13(18-6)24-2)10(21)7-4-3-5-8(16)9(7)20-25(22,23)12(14)15/h3-5,10,12,20-21H,1-2H3. The van der Waals surface area contributed by atoms with Crippen molar-refractivity contribution in [1.82, 2.24) is 15.0 Å². The van der Waals surface area contributed by atoms with Crippen LogP contribution in [0.1, 0.15) is 23.3 Å². The Morgan fingerprint density at radius 3 is 2.56 bits per heavy atom. The van der Waals surface area contributed by atoms with E-state index >= 15 is 0 Å². The van der Waals surface area contributed by atoms with Crippen molar-refractivity contribution in [2.45, 2.75) is 18.8 Å². The zero-order chi connectivity index (χ0) is 18.8. The van der Waals surface area contributed by atoms with Crippen LogP contribution in [0.15, 0.2) is 18.2 Å². The van der Waals surface area contributed by atoms with E-state index in [9.17, 15) is 22.3 Å². The van der Waals surface area contributed by atoms with Crippen molar-refractivity contribution >= 4 is 38.3 Å². The van der Waals surface area contributed by atoms with Crippen molar-refractivity contribution in [2.75, 3.05) is 11.8 Å². The van der Waals surface area contributed by atoms with Crippen LogP contribution in [0.25, 0.3) is 0 Å². The minimum Gasteiger partial charge on any atom is -0.467 e. The summed E-state index contributed by atoms with van der Waals surface area (Å²) in [5, 5.41) is 10.5. The summed E-state index contributed by atoms with van der Waals surface area (Å²) in [6.45, 7) is 1.55. The van der Waals surface area contributed by atoms with Crippen molar-refractivity contribution in [3.8, 4) is 6.01 Å². The highest BCUT2D eigenvalue weighted by Gasteiger charge is 2.28. The maximum Gasteiger partial charge on any atom is 0.355 e. The number of anilines is 1. The van der Waals surface area contributed by atoms with Gasteiger partial charge < -0.3 is 9.84 Å². The molecule has 0 spiro atoms. The van der Waals surface area contributed by atoms with Gasteiger partial charge in [0.1, 0.15) is 11.9 Å². The fourth-order valence-electron chi connectivity index (χ4n) is 1.89. The summed E-state index contributed by atoms with van der Waals surface area (Å²) in [5.41, 5.74) is -0.156. The molecule has 0 fully saturated rings. The number of aliphatic hydroxyl groups excluding tert-OH is 1. The Balaban J connectivity index is 2.53. The van der Waals surface area contributed by atoms with Crippen molar-refractivity contribution in [2.24, 2.45) is 0 Å². The van der Waals surface area contributed by atoms with Crippen LogP contribution in [0, 0.1) is 10.5 Å². The number of aryl methyl sites for hydroxylation is 1. The number of methoxy groups -OCH3 is 1. The third-order valence-corrected chi connectivity index (χ3v) is 4.85. The number of nitrogens with zero attached hydrogens (tertiary/aromatic N) is 3. The second kappa shape index (κ2) is 7.70. The molecular weight excluding hydrogens is 473 g/mol. The summed E-state index contributed by atoms with van der Waals surface area (Å²) in [6, 6.07) is 4.37. The predicted molar refractivity (Wildman–Crippen MR) is 92.9 cm³/mol. The molecule has 2 N–H and O–H groups in total. The number of sulfonamides is 1. The molecule has 1 unspecified atom stereocenters. The second-order valence-corrected chi connectivity index (χ2v) is 7.55. The number of halogens is 3. The number of benzene rings is 1. The fraction of sp³-hybridized carbons (Fsp3) is 0.308. The van der Waals surface area contributed by atoms with Gasteiger partial charge in [0.25, 0.3) is 10.0 Å². The average Bonchev–Trinajstić information content (AvgIpc) is 2.55. The van der Waals surface area contributed by atoms with Gasteiger partial charge >= 0.3 is 11.8 Å². The van der Waals surface area contributed by atoms with Crippen LogP contribution >= 0.6 is 22.6 Å². The van der Waals surface area contributed by atoms with Crippen LogP contribution in [0.2, 0.25) is 0 Å². The molecule has 1 heterocycles. The maximum atomic E-state index is 12.7. The van der Waals surface area contributed by atoms with Crippen LogP contribution in [0.3, 0.4) is 0 Å². The highest BCUT2D eigenvalue weighted by atomic mass is 127. The lowest BCUT2D eigenvalue weighted by atomic mass is 10.1. The molecule has 1 aromatic heterocycles. The first kappa shape index (κ1) is 19.7. The van der Waals surface area contributed by atoms with E-state index in [-0.39, 0.29) is 28.9 Å². The monoisotopic (exact) mass is 486 g/mol. The van der Waals surface area contributed by atoms with E-state index in [4.69, 9.17) is 4.74 Å². The van der Waals surface area contributed by atoms with Crippen molar-refractivity contribution in [3.05, 3.63) is 39.0 Å². The smallest absolute Gasteiger partial charge is 0.355 e. The van der Waals surface area contributed by atoms with Crippen LogP contribution in [0.5, 0.6) is 6.01 Å². The minimum absolute atomic E-state index is 0.0174. The van der Waals surface area contributed by atoms with E-state index in [1.807, 2.05) is 0 Å². The lowest BCUT2D eigenvalue weighted by Gasteiger charge is -2.17. The van der Waals surface area contributed by atoms with Gasteiger partial charge in [-0.25, -0.2) is 13.4 Å². The third-order valence-electron chi connectivity index (χ3n) is 2.99. The van der Waals surface area contributed by atoms with Crippen molar-refractivity contribution in [3.63, 3.8) is 0 Å². The molecule has 0 amide bonds. The Morgan fingerprint density at radius 2 is 1.96 bits per heavy atom. The molecule has 0 radical (unpaired) electrons. The van der Waals surface area contributed by atoms with E-state index < -0.39 is 21.9 Å². The molecule has 12 heteroatoms. The topological polar surface area (TPSA) is 114 Å². The van der Waals surface area contributed by atoms with Gasteiger partial charge in [0.05, 0.1) is 12.8 Å². The summed E-state index contributed by atoms with van der Waals surface area (Å²) in [4.78, 5) is 11.8. The quantitative estimate of drug-likeness (QED) is 0.599. The number of para-hydroxylation sites is 1. The molecule has 0 saturated heterocycles. The average molecular weight is 486 g/mol. The number of aromatic nitrogens is 3. The van der Waals surface area contributed by atoms with Gasteiger partial charge in [0.2, 0.25) is 0 Å². The first-order valence-corrected chi connectivity index (χ1v) is 9.31. The lowest BCUT2D eigenvalue weighted by molar-refractivity contribution is 0.207. The maximum absolute atomic E-state index is 12.7. The normalized spacial score (nSPS) is 12.9. The molecular formula is C13H13F2IN4O4S. The van der Waals surface area contributed by atoms with Gasteiger partial charge in [-0.2, -0.15) is 18.7 Å². The van der Waals surface area contributed by atoms with Crippen LogP contribution in [0.4, 0.5) is 14.5 Å². The zero-order valence-electron chi connectivity index (χ0n) is 12.9. The van der Waals surface area contributed by atoms with E-state index in [1.54, 1.807) is 34.2 Å². The number of aliphatic hydroxyl groups is 1. The number of hydrogen-bond donors (Lipinski definition) is 2. The number of rotatable bonds is 6. The molecule has 0 aliphatic heterocycles. The van der Waals surface area contributed by atoms with Crippen LogP contribution < -0.4 is 9.46 Å². The van der Waals surface area contributed by atoms with Crippen molar-refractivity contribution < 1.29 is 27.0 Å². The first-order valence-electron chi connectivity index (χ1n) is 6.68. The third kappa shape index (κ3) is 4.49. The second-order valence-electron chi connectivity index (χ2n) is 4.74. The molecule has 8 nitrogen and oxygen atoms in total. The van der Waals surface area contributed by atoms with E-state index in [0.29, 0.717) is 3.57 Å². The van der Waals surface area contributed by atoms with Crippen molar-refractivity contribution in [1.29, 1.82) is 0 Å². The number of ether oxygens (including phenoxy) is 1. The Hall–Kier alpha value is -1.67. The van der Waals surface area contributed by atoms with Gasteiger partial charge in [0.15, 0.2) is 5.82 Å². The molecule has 0 aliphatic carbocycles. The van der Waals surface area contributed by atoms with Gasteiger partial charge in [-0.1, -0.05) is 12.1 Å². The van der Waals surface area contributed by atoms with Crippen LogP contribution in [-0.2, 0) is 10.0 Å². The molecule has 2 rings (SSSR count). The zero-order valence-corrected chi connectivity index (χ0v) is 15.9. The molecule has 0 saturated carbocycles. The predicted octanol–water partition coefficient (Wildman–Crippen LogP) is 1.84. The lowest BCUT2D eigenvalue weighted by Crippen LogP contribution is -2.23. The molecule has 2 aromatic rings. The SMILES string of the molecule is COc1nc(C)nc(C(O)c2cccc(I)c2NS(=O)(=O)C(F)F)n1. The highest BCUT2D eigenvalue weighted by molar-refractivity contribution is 14.1. The Bertz CT molecular complexity index is 882. The minimum atomic E-state index is -4.91. The molecule has 136 valence electrons. The van der Waals surface area contributed by atoms with Gasteiger partial charge in [-0.15, -0.1) is 0 Å². The highest BCUT2D eigenvalue weighted by Crippen LogP contribution is 2.32. The number of nitrogens with one attached hydrogen (secondary N) is 1. The first-order chi connectivity index (χ1) is 11.7. The molecule has 0 aliphatic rings.